The van der Waals surface area contributed by atoms with Gasteiger partial charge in [-0.3, -0.25) is 9.36 Å². The Bertz CT molecular complexity index is 1380. The van der Waals surface area contributed by atoms with E-state index in [0.717, 1.165) is 0 Å². The maximum absolute atomic E-state index is 13.5. The summed E-state index contributed by atoms with van der Waals surface area (Å²) < 4.78 is 20.0. The monoisotopic (exact) mass is 453 g/mol. The number of amides is 1. The molecule has 0 unspecified atom stereocenters. The molecule has 2 heterocycles. The highest BCUT2D eigenvalue weighted by Gasteiger charge is 2.22. The summed E-state index contributed by atoms with van der Waals surface area (Å²) in [5, 5.41) is 16.8. The molecule has 3 N–H and O–H groups in total. The van der Waals surface area contributed by atoms with Crippen molar-refractivity contribution in [3.8, 4) is 11.1 Å². The molecule has 33 heavy (non-hydrogen) atoms. The van der Waals surface area contributed by atoms with E-state index in [9.17, 15) is 19.1 Å². The van der Waals surface area contributed by atoms with Crippen molar-refractivity contribution in [2.75, 3.05) is 0 Å². The molecule has 0 aliphatic rings. The van der Waals surface area contributed by atoms with Crippen LogP contribution in [0.15, 0.2) is 45.7 Å². The van der Waals surface area contributed by atoms with Crippen molar-refractivity contribution in [3.63, 3.8) is 0 Å². The smallest absolute Gasteiger partial charge is 0.326 e. The van der Waals surface area contributed by atoms with E-state index < -0.39 is 29.1 Å². The number of carbonyl (C=O) groups is 1. The Kier molecular flexibility index (Phi) is 5.62. The van der Waals surface area contributed by atoms with E-state index in [1.807, 2.05) is 0 Å². The number of rotatable bonds is 6. The summed E-state index contributed by atoms with van der Waals surface area (Å²) in [7, 11) is 0. The number of H-pyrrole nitrogens is 1. The van der Waals surface area contributed by atoms with Gasteiger partial charge in [0.15, 0.2) is 5.82 Å². The van der Waals surface area contributed by atoms with E-state index >= 15 is 0 Å². The first-order valence-electron chi connectivity index (χ1n) is 10.4. The van der Waals surface area contributed by atoms with Crippen molar-refractivity contribution >= 4 is 16.9 Å². The first kappa shape index (κ1) is 22.4. The summed E-state index contributed by atoms with van der Waals surface area (Å²) in [5.41, 5.74) is 0.760. The molecule has 2 aromatic heterocycles. The first-order chi connectivity index (χ1) is 15.5. The van der Waals surface area contributed by atoms with E-state index in [2.05, 4.69) is 20.4 Å². The van der Waals surface area contributed by atoms with E-state index in [4.69, 9.17) is 4.52 Å². The minimum atomic E-state index is -1.17. The van der Waals surface area contributed by atoms with Gasteiger partial charge in [-0.05, 0) is 57.5 Å². The van der Waals surface area contributed by atoms with Crippen molar-refractivity contribution in [1.29, 1.82) is 0 Å². The van der Waals surface area contributed by atoms with Gasteiger partial charge in [0, 0.05) is 11.1 Å². The predicted molar refractivity (Wildman–Crippen MR) is 119 cm³/mol. The van der Waals surface area contributed by atoms with Gasteiger partial charge in [0.25, 0.3) is 5.91 Å². The van der Waals surface area contributed by atoms with Crippen molar-refractivity contribution < 1.29 is 18.8 Å². The van der Waals surface area contributed by atoms with Gasteiger partial charge in [0.2, 0.25) is 5.89 Å². The lowest BCUT2D eigenvalue weighted by atomic mass is 10.00. The predicted octanol–water partition coefficient (Wildman–Crippen LogP) is 3.09. The van der Waals surface area contributed by atoms with Crippen molar-refractivity contribution in [1.82, 2.24) is 25.0 Å². The molecule has 0 aliphatic heterocycles. The Labute approximate surface area is 188 Å². The summed E-state index contributed by atoms with van der Waals surface area (Å²) in [4.78, 5) is 32.8. The van der Waals surface area contributed by atoms with Gasteiger partial charge < -0.3 is 19.9 Å². The number of carbonyl (C=O) groups excluding carboxylic acids is 1. The number of aliphatic hydroxyl groups is 1. The highest BCUT2D eigenvalue weighted by atomic mass is 19.1. The normalized spacial score (nSPS) is 12.8. The number of nitrogens with zero attached hydrogens (tertiary/aromatic N) is 3. The fourth-order valence-corrected chi connectivity index (χ4v) is 3.62. The minimum absolute atomic E-state index is 0.0113. The van der Waals surface area contributed by atoms with Crippen LogP contribution in [0, 0.1) is 12.7 Å². The van der Waals surface area contributed by atoms with Gasteiger partial charge in [-0.15, -0.1) is 0 Å². The molecule has 10 heteroatoms. The van der Waals surface area contributed by atoms with E-state index in [1.165, 1.54) is 16.7 Å². The van der Waals surface area contributed by atoms with E-state index in [1.54, 1.807) is 52.0 Å². The Morgan fingerprint density at radius 1 is 1.30 bits per heavy atom. The fraction of sp³-hybridized carbons (Fsp3) is 0.304. The van der Waals surface area contributed by atoms with Crippen LogP contribution in [0.2, 0.25) is 0 Å². The second-order valence-electron chi connectivity index (χ2n) is 8.63. The van der Waals surface area contributed by atoms with Gasteiger partial charge in [0.05, 0.1) is 23.2 Å². The van der Waals surface area contributed by atoms with Gasteiger partial charge in [0.1, 0.15) is 11.9 Å². The molecule has 172 valence electrons. The molecule has 0 aliphatic carbocycles. The molecule has 0 radical (unpaired) electrons. The molecule has 2 aromatic carbocycles. The van der Waals surface area contributed by atoms with Crippen LogP contribution >= 0.6 is 0 Å². The first-order valence-corrected chi connectivity index (χ1v) is 10.4. The lowest BCUT2D eigenvalue weighted by molar-refractivity contribution is 0.0617. The van der Waals surface area contributed by atoms with Crippen LogP contribution in [-0.2, 0) is 6.54 Å². The number of benzene rings is 2. The highest BCUT2D eigenvalue weighted by Crippen LogP contribution is 2.30. The summed E-state index contributed by atoms with van der Waals surface area (Å²) in [6, 6.07) is 8.41. The van der Waals surface area contributed by atoms with Crippen molar-refractivity contribution in [2.45, 2.75) is 45.9 Å². The number of aromatic nitrogens is 4. The standard InChI is InChI=1S/C23H24FN5O4/c1-12(21-26-13(2)28-33-21)25-20(30)15-9-17(14-5-7-16(24)8-6-14)19-18(10-15)29(22(31)27-19)11-23(3,4)32/h5-10,12,32H,11H2,1-4H3,(H,25,30)(H,27,31)/t12-/m1/s1. The maximum Gasteiger partial charge on any atom is 0.326 e. The third-order valence-electron chi connectivity index (χ3n) is 5.11. The number of aryl methyl sites for hydroxylation is 1. The summed E-state index contributed by atoms with van der Waals surface area (Å²) >= 11 is 0. The van der Waals surface area contributed by atoms with Crippen molar-refractivity contribution in [3.05, 3.63) is 70.0 Å². The van der Waals surface area contributed by atoms with Gasteiger partial charge in [-0.1, -0.05) is 17.3 Å². The number of aromatic amines is 1. The molecule has 0 saturated carbocycles. The van der Waals surface area contributed by atoms with E-state index in [0.29, 0.717) is 28.0 Å². The minimum Gasteiger partial charge on any atom is -0.389 e. The van der Waals surface area contributed by atoms with E-state index in [-0.39, 0.29) is 18.0 Å². The third kappa shape index (κ3) is 4.70. The van der Waals surface area contributed by atoms with Gasteiger partial charge in [-0.2, -0.15) is 4.98 Å². The number of hydrogen-bond donors (Lipinski definition) is 3. The van der Waals surface area contributed by atoms with Crippen LogP contribution in [0.5, 0.6) is 0 Å². The number of imidazole rings is 1. The molecule has 0 spiro atoms. The Morgan fingerprint density at radius 3 is 2.61 bits per heavy atom. The molecule has 9 nitrogen and oxygen atoms in total. The van der Waals surface area contributed by atoms with Gasteiger partial charge >= 0.3 is 5.69 Å². The zero-order valence-corrected chi connectivity index (χ0v) is 18.6. The molecular formula is C23H24FN5O4. The van der Waals surface area contributed by atoms with Crippen LogP contribution in [0.3, 0.4) is 0 Å². The topological polar surface area (TPSA) is 126 Å². The van der Waals surface area contributed by atoms with Crippen LogP contribution in [0.25, 0.3) is 22.2 Å². The Hall–Kier alpha value is -3.79. The number of fused-ring (bicyclic) bond motifs is 1. The zero-order chi connectivity index (χ0) is 23.9. The lowest BCUT2D eigenvalue weighted by Gasteiger charge is -2.18. The average Bonchev–Trinajstić information content (AvgIpc) is 3.30. The Balaban J connectivity index is 1.83. The zero-order valence-electron chi connectivity index (χ0n) is 18.6. The maximum atomic E-state index is 13.5. The van der Waals surface area contributed by atoms with Crippen LogP contribution < -0.4 is 11.0 Å². The molecule has 0 saturated heterocycles. The number of hydrogen-bond acceptors (Lipinski definition) is 6. The third-order valence-corrected chi connectivity index (χ3v) is 5.11. The molecule has 4 aromatic rings. The fourth-order valence-electron chi connectivity index (χ4n) is 3.62. The molecular weight excluding hydrogens is 429 g/mol. The summed E-state index contributed by atoms with van der Waals surface area (Å²) in [6.07, 6.45) is 0. The number of halogens is 1. The van der Waals surface area contributed by atoms with Crippen LogP contribution in [0.1, 0.15) is 48.9 Å². The van der Waals surface area contributed by atoms with Crippen LogP contribution in [0.4, 0.5) is 4.39 Å². The highest BCUT2D eigenvalue weighted by molar-refractivity contribution is 6.02. The number of nitrogens with one attached hydrogen (secondary N) is 2. The molecule has 1 atom stereocenters. The average molecular weight is 453 g/mol. The second-order valence-corrected chi connectivity index (χ2v) is 8.63. The van der Waals surface area contributed by atoms with Gasteiger partial charge in [-0.25, -0.2) is 9.18 Å². The van der Waals surface area contributed by atoms with Crippen molar-refractivity contribution in [2.24, 2.45) is 0 Å². The van der Waals surface area contributed by atoms with Crippen LogP contribution in [-0.4, -0.2) is 36.3 Å². The summed E-state index contributed by atoms with van der Waals surface area (Å²) in [6.45, 7) is 6.58. The summed E-state index contributed by atoms with van der Waals surface area (Å²) in [5.74, 6) is -0.108. The molecule has 0 bridgehead atoms. The Morgan fingerprint density at radius 2 is 2.00 bits per heavy atom. The molecule has 0 fully saturated rings. The quantitative estimate of drug-likeness (QED) is 0.412. The molecule has 4 rings (SSSR count). The lowest BCUT2D eigenvalue weighted by Crippen LogP contribution is -2.31. The second kappa shape index (κ2) is 8.28. The molecule has 1 amide bonds. The SMILES string of the molecule is Cc1noc([C@@H](C)NC(=O)c2cc(-c3ccc(F)cc3)c3[nH]c(=O)n(CC(C)(C)O)c3c2)n1. The largest absolute Gasteiger partial charge is 0.389 e.